The molecule has 0 saturated heterocycles. The standard InChI is InChI=1S/C14H18N4/c1-9(2)12-7-13(15-4)18-14(17-12)11-6-5-10(3)16-8-11/h5-9H,1-4H3,(H,15,17,18). The molecule has 0 aliphatic carbocycles. The molecule has 0 aliphatic rings. The highest BCUT2D eigenvalue weighted by Crippen LogP contribution is 2.21. The van der Waals surface area contributed by atoms with Gasteiger partial charge in [0.15, 0.2) is 5.82 Å². The van der Waals surface area contributed by atoms with E-state index in [4.69, 9.17) is 0 Å². The van der Waals surface area contributed by atoms with E-state index < -0.39 is 0 Å². The van der Waals surface area contributed by atoms with Crippen molar-refractivity contribution in [3.05, 3.63) is 35.8 Å². The monoisotopic (exact) mass is 242 g/mol. The van der Waals surface area contributed by atoms with E-state index in [1.54, 1.807) is 0 Å². The first-order valence-corrected chi connectivity index (χ1v) is 6.10. The van der Waals surface area contributed by atoms with Crippen LogP contribution in [0.15, 0.2) is 24.4 Å². The number of pyridine rings is 1. The predicted octanol–water partition coefficient (Wildman–Crippen LogP) is 3.01. The van der Waals surface area contributed by atoms with Crippen molar-refractivity contribution in [2.75, 3.05) is 12.4 Å². The van der Waals surface area contributed by atoms with Gasteiger partial charge in [0, 0.05) is 36.3 Å². The maximum atomic E-state index is 4.59. The molecule has 0 bridgehead atoms. The van der Waals surface area contributed by atoms with Gasteiger partial charge in [-0.05, 0) is 25.0 Å². The van der Waals surface area contributed by atoms with E-state index in [-0.39, 0.29) is 0 Å². The lowest BCUT2D eigenvalue weighted by atomic mass is 10.1. The zero-order chi connectivity index (χ0) is 13.1. The third-order valence-electron chi connectivity index (χ3n) is 2.76. The molecule has 2 heterocycles. The number of nitrogens with one attached hydrogen (secondary N) is 1. The zero-order valence-corrected chi connectivity index (χ0v) is 11.2. The molecule has 94 valence electrons. The smallest absolute Gasteiger partial charge is 0.163 e. The van der Waals surface area contributed by atoms with Crippen LogP contribution in [0.3, 0.4) is 0 Å². The Labute approximate surface area is 108 Å². The van der Waals surface area contributed by atoms with Crippen LogP contribution in [0.1, 0.15) is 31.2 Å². The SMILES string of the molecule is CNc1cc(C(C)C)nc(-c2ccc(C)nc2)n1. The molecule has 0 atom stereocenters. The highest BCUT2D eigenvalue weighted by Gasteiger charge is 2.09. The summed E-state index contributed by atoms with van der Waals surface area (Å²) in [6, 6.07) is 5.96. The third kappa shape index (κ3) is 2.64. The van der Waals surface area contributed by atoms with Crippen LogP contribution in [-0.4, -0.2) is 22.0 Å². The molecule has 0 unspecified atom stereocenters. The van der Waals surface area contributed by atoms with Crippen LogP contribution in [0, 0.1) is 6.92 Å². The Morgan fingerprint density at radius 3 is 2.50 bits per heavy atom. The minimum atomic E-state index is 0.372. The summed E-state index contributed by atoms with van der Waals surface area (Å²) in [6.45, 7) is 6.21. The number of anilines is 1. The van der Waals surface area contributed by atoms with Crippen molar-refractivity contribution in [2.45, 2.75) is 26.7 Å². The molecule has 4 nitrogen and oxygen atoms in total. The van der Waals surface area contributed by atoms with E-state index in [1.165, 1.54) is 0 Å². The van der Waals surface area contributed by atoms with E-state index in [1.807, 2.05) is 38.4 Å². The molecule has 18 heavy (non-hydrogen) atoms. The molecule has 0 spiro atoms. The normalized spacial score (nSPS) is 10.7. The average Bonchev–Trinajstić information content (AvgIpc) is 2.39. The van der Waals surface area contributed by atoms with Crippen molar-refractivity contribution < 1.29 is 0 Å². The molecule has 0 amide bonds. The molecule has 0 aromatic carbocycles. The van der Waals surface area contributed by atoms with Crippen molar-refractivity contribution >= 4 is 5.82 Å². The van der Waals surface area contributed by atoms with Crippen LogP contribution in [0.25, 0.3) is 11.4 Å². The Kier molecular flexibility index (Phi) is 3.55. The summed E-state index contributed by atoms with van der Waals surface area (Å²) in [5.74, 6) is 1.93. The molecule has 2 aromatic heterocycles. The Morgan fingerprint density at radius 2 is 1.94 bits per heavy atom. The lowest BCUT2D eigenvalue weighted by Gasteiger charge is -2.10. The van der Waals surface area contributed by atoms with Crippen molar-refractivity contribution in [3.63, 3.8) is 0 Å². The maximum Gasteiger partial charge on any atom is 0.163 e. The molecule has 4 heteroatoms. The molecule has 0 fully saturated rings. The Morgan fingerprint density at radius 1 is 1.17 bits per heavy atom. The Balaban J connectivity index is 2.49. The second-order valence-corrected chi connectivity index (χ2v) is 4.59. The van der Waals surface area contributed by atoms with Gasteiger partial charge in [0.05, 0.1) is 0 Å². The topological polar surface area (TPSA) is 50.7 Å². The largest absolute Gasteiger partial charge is 0.373 e. The lowest BCUT2D eigenvalue weighted by molar-refractivity contribution is 0.817. The molecule has 0 radical (unpaired) electrons. The van der Waals surface area contributed by atoms with Gasteiger partial charge < -0.3 is 5.32 Å². The highest BCUT2D eigenvalue weighted by atomic mass is 15.0. The van der Waals surface area contributed by atoms with Crippen molar-refractivity contribution in [2.24, 2.45) is 0 Å². The molecule has 2 aromatic rings. The highest BCUT2D eigenvalue weighted by molar-refractivity contribution is 5.56. The first-order valence-electron chi connectivity index (χ1n) is 6.10. The number of rotatable bonds is 3. The molecular formula is C14H18N4. The van der Waals surface area contributed by atoms with Crippen LogP contribution in [0.5, 0.6) is 0 Å². The number of aromatic nitrogens is 3. The minimum absolute atomic E-state index is 0.372. The van der Waals surface area contributed by atoms with Gasteiger partial charge in [-0.25, -0.2) is 9.97 Å². The van der Waals surface area contributed by atoms with E-state index in [0.29, 0.717) is 5.92 Å². The third-order valence-corrected chi connectivity index (χ3v) is 2.76. The summed E-state index contributed by atoms with van der Waals surface area (Å²) in [6.07, 6.45) is 1.81. The van der Waals surface area contributed by atoms with Gasteiger partial charge in [-0.15, -0.1) is 0 Å². The molecule has 2 rings (SSSR count). The number of nitrogens with zero attached hydrogens (tertiary/aromatic N) is 3. The second-order valence-electron chi connectivity index (χ2n) is 4.59. The Hall–Kier alpha value is -1.97. The van der Waals surface area contributed by atoms with E-state index >= 15 is 0 Å². The van der Waals surface area contributed by atoms with Crippen LogP contribution in [0.4, 0.5) is 5.82 Å². The van der Waals surface area contributed by atoms with Gasteiger partial charge in [-0.1, -0.05) is 13.8 Å². The lowest BCUT2D eigenvalue weighted by Crippen LogP contribution is -2.02. The number of hydrogen-bond donors (Lipinski definition) is 1. The summed E-state index contributed by atoms with van der Waals surface area (Å²) in [7, 11) is 1.86. The summed E-state index contributed by atoms with van der Waals surface area (Å²) in [5, 5.41) is 3.07. The predicted molar refractivity (Wildman–Crippen MR) is 73.6 cm³/mol. The van der Waals surface area contributed by atoms with E-state index in [9.17, 15) is 0 Å². The molecule has 0 saturated carbocycles. The second kappa shape index (κ2) is 5.12. The molecular weight excluding hydrogens is 224 g/mol. The van der Waals surface area contributed by atoms with Crippen molar-refractivity contribution in [1.82, 2.24) is 15.0 Å². The number of hydrogen-bond acceptors (Lipinski definition) is 4. The Bertz CT molecular complexity index is 532. The van der Waals surface area contributed by atoms with Crippen LogP contribution < -0.4 is 5.32 Å². The summed E-state index contributed by atoms with van der Waals surface area (Å²) in [5.41, 5.74) is 2.97. The van der Waals surface area contributed by atoms with Crippen molar-refractivity contribution in [1.29, 1.82) is 0 Å². The first-order chi connectivity index (χ1) is 8.60. The summed E-state index contributed by atoms with van der Waals surface area (Å²) >= 11 is 0. The van der Waals surface area contributed by atoms with Gasteiger partial charge in [-0.3, -0.25) is 4.98 Å². The zero-order valence-electron chi connectivity index (χ0n) is 11.2. The fourth-order valence-electron chi connectivity index (χ4n) is 1.62. The molecule has 0 aliphatic heterocycles. The average molecular weight is 242 g/mol. The molecule has 1 N–H and O–H groups in total. The first kappa shape index (κ1) is 12.5. The van der Waals surface area contributed by atoms with E-state index in [2.05, 4.69) is 34.1 Å². The quantitative estimate of drug-likeness (QED) is 0.898. The van der Waals surface area contributed by atoms with Gasteiger partial charge in [-0.2, -0.15) is 0 Å². The maximum absolute atomic E-state index is 4.59. The minimum Gasteiger partial charge on any atom is -0.373 e. The van der Waals surface area contributed by atoms with Gasteiger partial charge in [0.25, 0.3) is 0 Å². The van der Waals surface area contributed by atoms with Gasteiger partial charge in [0.2, 0.25) is 0 Å². The van der Waals surface area contributed by atoms with Gasteiger partial charge >= 0.3 is 0 Å². The summed E-state index contributed by atoms with van der Waals surface area (Å²) in [4.78, 5) is 13.3. The van der Waals surface area contributed by atoms with E-state index in [0.717, 1.165) is 28.6 Å². The number of aryl methyl sites for hydroxylation is 1. The van der Waals surface area contributed by atoms with Crippen LogP contribution in [0.2, 0.25) is 0 Å². The van der Waals surface area contributed by atoms with Crippen LogP contribution in [-0.2, 0) is 0 Å². The van der Waals surface area contributed by atoms with Gasteiger partial charge in [0.1, 0.15) is 5.82 Å². The van der Waals surface area contributed by atoms with Crippen molar-refractivity contribution in [3.8, 4) is 11.4 Å². The van der Waals surface area contributed by atoms with Crippen LogP contribution >= 0.6 is 0 Å². The fourth-order valence-corrected chi connectivity index (χ4v) is 1.62. The summed E-state index contributed by atoms with van der Waals surface area (Å²) < 4.78 is 0. The fraction of sp³-hybridized carbons (Fsp3) is 0.357.